The molecule has 0 unspecified atom stereocenters. The smallest absolute Gasteiger partial charge is 0.344 e. The second kappa shape index (κ2) is 8.92. The minimum Gasteiger partial charge on any atom is -0.344 e. The molecular weight excluding hydrogens is 480 g/mol. The minimum absolute atomic E-state index is 0.145. The van der Waals surface area contributed by atoms with Crippen LogP contribution in [0, 0.1) is 11.2 Å². The average Bonchev–Trinajstić information content (AvgIpc) is 3.03. The first kappa shape index (κ1) is 25.7. The summed E-state index contributed by atoms with van der Waals surface area (Å²) >= 11 is 0. The van der Waals surface area contributed by atoms with Crippen molar-refractivity contribution in [2.75, 3.05) is 0 Å². The lowest BCUT2D eigenvalue weighted by Crippen LogP contribution is -2.39. The van der Waals surface area contributed by atoms with E-state index in [2.05, 4.69) is 4.72 Å². The molecule has 0 aliphatic heterocycles. The quantitative estimate of drug-likeness (QED) is 0.362. The largest absolute Gasteiger partial charge is 0.417 e. The highest BCUT2D eigenvalue weighted by Gasteiger charge is 2.35. The second-order valence-corrected chi connectivity index (χ2v) is 12.6. The molecule has 2 aromatic carbocycles. The van der Waals surface area contributed by atoms with E-state index in [4.69, 9.17) is 0 Å². The highest BCUT2D eigenvalue weighted by atomic mass is 32.2. The number of rotatable bonds is 6. The van der Waals surface area contributed by atoms with Crippen LogP contribution in [-0.4, -0.2) is 18.2 Å². The van der Waals surface area contributed by atoms with Crippen LogP contribution in [-0.2, 0) is 22.7 Å². The van der Waals surface area contributed by atoms with Gasteiger partial charge in [-0.2, -0.15) is 13.2 Å². The fraction of sp³-hybridized carbons (Fsp3) is 0.462. The third-order valence-electron chi connectivity index (χ3n) is 6.48. The van der Waals surface area contributed by atoms with Crippen LogP contribution < -0.4 is 4.72 Å². The van der Waals surface area contributed by atoms with Gasteiger partial charge in [-0.1, -0.05) is 57.5 Å². The summed E-state index contributed by atoms with van der Waals surface area (Å²) < 4.78 is 86.8. The third kappa shape index (κ3) is 5.11. The number of aromatic nitrogens is 1. The summed E-state index contributed by atoms with van der Waals surface area (Å²) in [7, 11) is -3.53. The maximum Gasteiger partial charge on any atom is 0.417 e. The Morgan fingerprint density at radius 2 is 1.71 bits per heavy atom. The van der Waals surface area contributed by atoms with Gasteiger partial charge in [-0.3, -0.25) is 0 Å². The van der Waals surface area contributed by atoms with Gasteiger partial charge in [0.05, 0.1) is 16.3 Å². The van der Waals surface area contributed by atoms with Crippen molar-refractivity contribution in [1.29, 1.82) is 0 Å². The van der Waals surface area contributed by atoms with Gasteiger partial charge in [0.15, 0.2) is 5.82 Å². The van der Waals surface area contributed by atoms with E-state index < -0.39 is 38.9 Å². The molecule has 1 aromatic heterocycles. The maximum atomic E-state index is 16.0. The fourth-order valence-electron chi connectivity index (χ4n) is 4.62. The summed E-state index contributed by atoms with van der Waals surface area (Å²) in [5.74, 6) is -0.760. The van der Waals surface area contributed by atoms with Crippen LogP contribution in [0.2, 0.25) is 0 Å². The number of hydrogen-bond donors (Lipinski definition) is 1. The number of hydrogen-bond acceptors (Lipinski definition) is 2. The Hall–Kier alpha value is -2.39. The summed E-state index contributed by atoms with van der Waals surface area (Å²) in [5.41, 5.74) is -0.796. The van der Waals surface area contributed by atoms with Gasteiger partial charge in [-0.25, -0.2) is 17.5 Å². The van der Waals surface area contributed by atoms with Crippen LogP contribution in [0.3, 0.4) is 0 Å². The zero-order valence-electron chi connectivity index (χ0n) is 20.2. The molecular formula is C26H30F4N2O2S. The molecule has 35 heavy (non-hydrogen) atoms. The Kier molecular flexibility index (Phi) is 6.55. The summed E-state index contributed by atoms with van der Waals surface area (Å²) in [4.78, 5) is 0. The molecule has 1 heterocycles. The lowest BCUT2D eigenvalue weighted by atomic mass is 9.95. The van der Waals surface area contributed by atoms with E-state index in [-0.39, 0.29) is 22.1 Å². The molecule has 190 valence electrons. The Labute approximate surface area is 203 Å². The molecule has 0 radical (unpaired) electrons. The number of sulfonamides is 1. The van der Waals surface area contributed by atoms with Gasteiger partial charge < -0.3 is 4.57 Å². The normalized spacial score (nSPS) is 16.5. The van der Waals surface area contributed by atoms with E-state index >= 15 is 4.39 Å². The summed E-state index contributed by atoms with van der Waals surface area (Å²) in [5, 5.41) is 0.0545. The molecule has 0 saturated heterocycles. The summed E-state index contributed by atoms with van der Waals surface area (Å²) in [6.45, 7) is 8.02. The molecule has 1 aliphatic rings. The Balaban J connectivity index is 1.87. The van der Waals surface area contributed by atoms with E-state index in [9.17, 15) is 21.6 Å². The molecule has 9 heteroatoms. The number of halogens is 4. The standard InChI is InChI=1S/C26H30F4N2O2S/c1-16(31-35(33,34)17-8-7-9-17)21-14-32(15-25(2,3)4)24-20(21)13-12-19(23(24)27)18-10-5-6-11-22(18)26(28,29)30/h5-6,10-14,16-17,31H,7-9,15H2,1-4H3/t16-/m1/s1. The van der Waals surface area contributed by atoms with E-state index in [1.807, 2.05) is 20.8 Å². The first-order valence-electron chi connectivity index (χ1n) is 11.7. The molecule has 1 saturated carbocycles. The number of nitrogens with one attached hydrogen (secondary N) is 1. The van der Waals surface area contributed by atoms with E-state index in [0.717, 1.165) is 12.5 Å². The molecule has 1 aliphatic carbocycles. The van der Waals surface area contributed by atoms with Crippen molar-refractivity contribution in [1.82, 2.24) is 9.29 Å². The molecule has 3 aromatic rings. The van der Waals surface area contributed by atoms with Gasteiger partial charge in [0.2, 0.25) is 10.0 Å². The first-order valence-corrected chi connectivity index (χ1v) is 13.2. The lowest BCUT2D eigenvalue weighted by molar-refractivity contribution is -0.137. The minimum atomic E-state index is -4.63. The monoisotopic (exact) mass is 510 g/mol. The molecule has 0 spiro atoms. The van der Waals surface area contributed by atoms with Crippen molar-refractivity contribution in [3.63, 3.8) is 0 Å². The second-order valence-electron chi connectivity index (χ2n) is 10.6. The first-order chi connectivity index (χ1) is 16.2. The van der Waals surface area contributed by atoms with E-state index in [1.165, 1.54) is 24.3 Å². The maximum absolute atomic E-state index is 16.0. The van der Waals surface area contributed by atoms with Gasteiger partial charge in [0.25, 0.3) is 0 Å². The van der Waals surface area contributed by atoms with Crippen LogP contribution in [0.15, 0.2) is 42.6 Å². The van der Waals surface area contributed by atoms with E-state index in [1.54, 1.807) is 23.8 Å². The molecule has 1 N–H and O–H groups in total. The van der Waals surface area contributed by atoms with Gasteiger partial charge in [-0.15, -0.1) is 0 Å². The van der Waals surface area contributed by atoms with Gasteiger partial charge in [0.1, 0.15) is 0 Å². The van der Waals surface area contributed by atoms with Crippen molar-refractivity contribution in [2.24, 2.45) is 5.41 Å². The molecule has 4 nitrogen and oxygen atoms in total. The number of alkyl halides is 3. The molecule has 4 rings (SSSR count). The summed E-state index contributed by atoms with van der Waals surface area (Å²) in [6, 6.07) is 7.24. The van der Waals surface area contributed by atoms with Crippen molar-refractivity contribution in [3.8, 4) is 11.1 Å². The van der Waals surface area contributed by atoms with E-state index in [0.29, 0.717) is 30.3 Å². The number of benzene rings is 2. The highest BCUT2D eigenvalue weighted by molar-refractivity contribution is 7.90. The van der Waals surface area contributed by atoms with Crippen LogP contribution in [0.1, 0.15) is 64.1 Å². The van der Waals surface area contributed by atoms with Gasteiger partial charge in [0, 0.05) is 29.7 Å². The Morgan fingerprint density at radius 3 is 2.29 bits per heavy atom. The molecule has 0 bridgehead atoms. The zero-order valence-corrected chi connectivity index (χ0v) is 21.0. The van der Waals surface area contributed by atoms with Crippen LogP contribution in [0.25, 0.3) is 22.0 Å². The van der Waals surface area contributed by atoms with Gasteiger partial charge >= 0.3 is 6.18 Å². The third-order valence-corrected chi connectivity index (χ3v) is 8.51. The zero-order chi connectivity index (χ0) is 25.8. The fourth-order valence-corrected chi connectivity index (χ4v) is 6.39. The lowest BCUT2D eigenvalue weighted by Gasteiger charge is -2.27. The highest BCUT2D eigenvalue weighted by Crippen LogP contribution is 2.41. The van der Waals surface area contributed by atoms with Crippen molar-refractivity contribution < 1.29 is 26.0 Å². The van der Waals surface area contributed by atoms with Crippen LogP contribution in [0.5, 0.6) is 0 Å². The Morgan fingerprint density at radius 1 is 1.06 bits per heavy atom. The predicted molar refractivity (Wildman–Crippen MR) is 130 cm³/mol. The number of fused-ring (bicyclic) bond motifs is 1. The van der Waals surface area contributed by atoms with Crippen LogP contribution in [0.4, 0.5) is 17.6 Å². The van der Waals surface area contributed by atoms with Crippen molar-refractivity contribution >= 4 is 20.9 Å². The summed E-state index contributed by atoms with van der Waals surface area (Å²) in [6.07, 6.45) is -0.815. The van der Waals surface area contributed by atoms with Crippen molar-refractivity contribution in [2.45, 2.75) is 71.0 Å². The van der Waals surface area contributed by atoms with Crippen LogP contribution >= 0.6 is 0 Å². The predicted octanol–water partition coefficient (Wildman–Crippen LogP) is 7.05. The van der Waals surface area contributed by atoms with Gasteiger partial charge in [-0.05, 0) is 42.4 Å². The molecule has 0 amide bonds. The Bertz CT molecular complexity index is 1350. The topological polar surface area (TPSA) is 51.1 Å². The molecule has 1 atom stereocenters. The molecule has 1 fully saturated rings. The van der Waals surface area contributed by atoms with Crippen molar-refractivity contribution in [3.05, 3.63) is 59.5 Å². The SMILES string of the molecule is C[C@@H](NS(=O)(=O)C1CCC1)c1cn(CC(C)(C)C)c2c(F)c(-c3ccccc3C(F)(F)F)ccc12. The number of nitrogens with zero attached hydrogens (tertiary/aromatic N) is 1. The average molecular weight is 511 g/mol.